The summed E-state index contributed by atoms with van der Waals surface area (Å²) in [5.41, 5.74) is 4.05. The van der Waals surface area contributed by atoms with Crippen molar-refractivity contribution >= 4 is 28.6 Å². The SMILES string of the molecule is COc1c(Nc2cc(CC(=O)C3CC3)nc3c2N=C(C(F)F)C3)cccc1-c1cnn(C)c1. The average molecular weight is 451 g/mol. The number of benzene rings is 1. The highest BCUT2D eigenvalue weighted by atomic mass is 19.3. The van der Waals surface area contributed by atoms with Gasteiger partial charge in [-0.1, -0.05) is 12.1 Å². The smallest absolute Gasteiger partial charge is 0.277 e. The lowest BCUT2D eigenvalue weighted by Crippen LogP contribution is -2.11. The second-order valence-corrected chi connectivity index (χ2v) is 8.37. The Bertz CT molecular complexity index is 1260. The van der Waals surface area contributed by atoms with Crippen LogP contribution in [0.2, 0.25) is 0 Å². The Hall–Kier alpha value is -3.62. The highest BCUT2D eigenvalue weighted by Gasteiger charge is 2.31. The van der Waals surface area contributed by atoms with E-state index >= 15 is 0 Å². The van der Waals surface area contributed by atoms with Gasteiger partial charge >= 0.3 is 0 Å². The predicted octanol–water partition coefficient (Wildman–Crippen LogP) is 4.65. The number of para-hydroxylation sites is 1. The molecule has 2 aliphatic rings. The summed E-state index contributed by atoms with van der Waals surface area (Å²) in [7, 11) is 3.41. The molecule has 170 valence electrons. The first kappa shape index (κ1) is 21.2. The van der Waals surface area contributed by atoms with Gasteiger partial charge in [0.25, 0.3) is 6.43 Å². The molecule has 3 aromatic rings. The first-order valence-electron chi connectivity index (χ1n) is 10.8. The third-order valence-electron chi connectivity index (χ3n) is 5.87. The number of carbonyl (C=O) groups is 1. The summed E-state index contributed by atoms with van der Waals surface area (Å²) in [5.74, 6) is 0.820. The number of ketones is 1. The van der Waals surface area contributed by atoms with Crippen molar-refractivity contribution < 1.29 is 18.3 Å². The van der Waals surface area contributed by atoms with Crippen molar-refractivity contribution in [3.63, 3.8) is 0 Å². The number of ether oxygens (including phenoxy) is 1. The van der Waals surface area contributed by atoms with Crippen molar-refractivity contribution in [3.05, 3.63) is 48.0 Å². The molecule has 2 aromatic heterocycles. The molecule has 0 spiro atoms. The molecule has 1 N–H and O–H groups in total. The minimum atomic E-state index is -2.66. The van der Waals surface area contributed by atoms with E-state index in [0.29, 0.717) is 34.2 Å². The fourth-order valence-corrected chi connectivity index (χ4v) is 4.08. The first-order valence-corrected chi connectivity index (χ1v) is 10.8. The summed E-state index contributed by atoms with van der Waals surface area (Å²) < 4.78 is 34.2. The van der Waals surface area contributed by atoms with Crippen LogP contribution in [0.1, 0.15) is 24.2 Å². The van der Waals surface area contributed by atoms with Crippen LogP contribution in [0.15, 0.2) is 41.7 Å². The molecule has 0 unspecified atom stereocenters. The van der Waals surface area contributed by atoms with Gasteiger partial charge in [0.05, 0.1) is 41.8 Å². The number of aliphatic imine (C=N–C) groups is 1. The standard InChI is InChI=1S/C24H23F2N5O2/c1-31-12-14(11-27-31)16-4-3-5-17(23(16)33-2)29-18-8-15(9-21(32)13-6-7-13)28-19-10-20(24(25)26)30-22(18)19/h3-5,8,11-13,24H,6-7,9-10H2,1-2H3,(H,28,29). The zero-order valence-electron chi connectivity index (χ0n) is 18.3. The van der Waals surface area contributed by atoms with Gasteiger partial charge in [0.2, 0.25) is 0 Å². The van der Waals surface area contributed by atoms with E-state index in [9.17, 15) is 13.6 Å². The maximum absolute atomic E-state index is 13.4. The Morgan fingerprint density at radius 2 is 2.12 bits per heavy atom. The molecule has 0 radical (unpaired) electrons. The van der Waals surface area contributed by atoms with Crippen molar-refractivity contribution in [2.24, 2.45) is 18.0 Å². The number of aryl methyl sites for hydroxylation is 1. The van der Waals surface area contributed by atoms with E-state index in [-0.39, 0.29) is 30.3 Å². The van der Waals surface area contributed by atoms with Gasteiger partial charge in [0.1, 0.15) is 17.2 Å². The second kappa shape index (κ2) is 8.38. The number of halogens is 2. The van der Waals surface area contributed by atoms with Crippen molar-refractivity contribution in [1.29, 1.82) is 0 Å². The third kappa shape index (κ3) is 4.22. The summed E-state index contributed by atoms with van der Waals surface area (Å²) in [5, 5.41) is 7.53. The van der Waals surface area contributed by atoms with Crippen molar-refractivity contribution in [3.8, 4) is 16.9 Å². The van der Waals surface area contributed by atoms with Crippen molar-refractivity contribution in [2.75, 3.05) is 12.4 Å². The van der Waals surface area contributed by atoms with E-state index in [1.165, 1.54) is 0 Å². The van der Waals surface area contributed by atoms with Gasteiger partial charge < -0.3 is 10.1 Å². The highest BCUT2D eigenvalue weighted by molar-refractivity contribution is 5.99. The van der Waals surface area contributed by atoms with Gasteiger partial charge in [-0.3, -0.25) is 14.5 Å². The number of alkyl halides is 2. The largest absolute Gasteiger partial charge is 0.494 e. The van der Waals surface area contributed by atoms with Crippen molar-refractivity contribution in [1.82, 2.24) is 14.8 Å². The molecule has 3 heterocycles. The van der Waals surface area contributed by atoms with Crippen LogP contribution >= 0.6 is 0 Å². The van der Waals surface area contributed by atoms with Gasteiger partial charge in [-0.15, -0.1) is 0 Å². The Morgan fingerprint density at radius 3 is 2.79 bits per heavy atom. The maximum Gasteiger partial charge on any atom is 0.277 e. The minimum Gasteiger partial charge on any atom is -0.494 e. The molecule has 0 bridgehead atoms. The molecular weight excluding hydrogens is 428 g/mol. The number of nitrogens with zero attached hydrogens (tertiary/aromatic N) is 4. The number of carbonyl (C=O) groups excluding carboxylic acids is 1. The number of aromatic nitrogens is 3. The van der Waals surface area contributed by atoms with E-state index in [2.05, 4.69) is 20.4 Å². The summed E-state index contributed by atoms with van der Waals surface area (Å²) >= 11 is 0. The van der Waals surface area contributed by atoms with Gasteiger partial charge in [0.15, 0.2) is 0 Å². The van der Waals surface area contributed by atoms with Crippen LogP contribution in [0.4, 0.5) is 25.8 Å². The molecular formula is C24H23F2N5O2. The molecule has 1 aliphatic heterocycles. The number of nitrogens with one attached hydrogen (secondary N) is 1. The zero-order valence-corrected chi connectivity index (χ0v) is 18.3. The molecule has 7 nitrogen and oxygen atoms in total. The Labute approximate surface area is 189 Å². The molecule has 1 aromatic carbocycles. The van der Waals surface area contributed by atoms with Gasteiger partial charge in [-0.25, -0.2) is 13.8 Å². The average Bonchev–Trinajstić information content (AvgIpc) is 3.41. The predicted molar refractivity (Wildman–Crippen MR) is 121 cm³/mol. The van der Waals surface area contributed by atoms with Crippen LogP contribution in [0.3, 0.4) is 0 Å². The van der Waals surface area contributed by atoms with Crippen LogP contribution in [-0.2, 0) is 24.7 Å². The summed E-state index contributed by atoms with van der Waals surface area (Å²) in [4.78, 5) is 21.0. The molecule has 33 heavy (non-hydrogen) atoms. The van der Waals surface area contributed by atoms with Gasteiger partial charge in [0, 0.05) is 43.1 Å². The van der Waals surface area contributed by atoms with Crippen LogP contribution < -0.4 is 10.1 Å². The van der Waals surface area contributed by atoms with E-state index in [1.807, 2.05) is 31.4 Å². The molecule has 0 amide bonds. The summed E-state index contributed by atoms with van der Waals surface area (Å²) in [6.45, 7) is 0. The molecule has 9 heteroatoms. The lowest BCUT2D eigenvalue weighted by Gasteiger charge is -2.16. The van der Waals surface area contributed by atoms with Crippen LogP contribution in [-0.4, -0.2) is 39.8 Å². The molecule has 1 fully saturated rings. The number of hydrogen-bond acceptors (Lipinski definition) is 6. The van der Waals surface area contributed by atoms with E-state index in [0.717, 1.165) is 24.0 Å². The summed E-state index contributed by atoms with van der Waals surface area (Å²) in [6, 6.07) is 7.37. The third-order valence-corrected chi connectivity index (χ3v) is 5.87. The fraction of sp³-hybridized carbons (Fsp3) is 0.333. The number of pyridine rings is 1. The highest BCUT2D eigenvalue weighted by Crippen LogP contribution is 2.42. The summed E-state index contributed by atoms with van der Waals surface area (Å²) in [6.07, 6.45) is 2.94. The minimum absolute atomic E-state index is 0.0278. The number of anilines is 2. The lowest BCUT2D eigenvalue weighted by molar-refractivity contribution is -0.119. The zero-order chi connectivity index (χ0) is 23.1. The van der Waals surface area contributed by atoms with Crippen LogP contribution in [0.25, 0.3) is 11.1 Å². The number of rotatable bonds is 8. The quantitative estimate of drug-likeness (QED) is 0.539. The maximum atomic E-state index is 13.4. The monoisotopic (exact) mass is 451 g/mol. The Kier molecular flexibility index (Phi) is 5.39. The first-order chi connectivity index (χ1) is 15.9. The van der Waals surface area contributed by atoms with E-state index in [1.54, 1.807) is 24.1 Å². The number of hydrogen-bond donors (Lipinski definition) is 1. The second-order valence-electron chi connectivity index (χ2n) is 8.37. The molecule has 0 atom stereocenters. The van der Waals surface area contributed by atoms with Crippen molar-refractivity contribution in [2.45, 2.75) is 32.1 Å². The van der Waals surface area contributed by atoms with Crippen LogP contribution in [0, 0.1) is 5.92 Å². The number of Topliss-reactive ketones (excluding diaryl/α,β-unsaturated/α-hetero) is 1. The lowest BCUT2D eigenvalue weighted by atomic mass is 10.1. The van der Waals surface area contributed by atoms with Gasteiger partial charge in [-0.2, -0.15) is 5.10 Å². The number of methoxy groups -OCH3 is 1. The Morgan fingerprint density at radius 1 is 1.30 bits per heavy atom. The molecule has 1 aliphatic carbocycles. The van der Waals surface area contributed by atoms with Crippen LogP contribution in [0.5, 0.6) is 5.75 Å². The topological polar surface area (TPSA) is 81.4 Å². The molecule has 1 saturated carbocycles. The Balaban J connectivity index is 1.55. The molecule has 5 rings (SSSR count). The molecule has 0 saturated heterocycles. The normalized spacial score (nSPS) is 14.9. The van der Waals surface area contributed by atoms with Gasteiger partial charge in [-0.05, 0) is 25.0 Å². The fourth-order valence-electron chi connectivity index (χ4n) is 4.08. The van der Waals surface area contributed by atoms with E-state index in [4.69, 9.17) is 4.74 Å². The van der Waals surface area contributed by atoms with E-state index < -0.39 is 6.43 Å². The number of fused-ring (bicyclic) bond motifs is 1.